The number of nitrogens with zero attached hydrogens (tertiary/aromatic N) is 2. The monoisotopic (exact) mass is 284 g/mol. The van der Waals surface area contributed by atoms with E-state index in [9.17, 15) is 13.2 Å². The smallest absolute Gasteiger partial charge is 0.406 e. The highest BCUT2D eigenvalue weighted by Gasteiger charge is 2.31. The lowest BCUT2D eigenvalue weighted by atomic mass is 10.1. The first kappa shape index (κ1) is 14.4. The Balaban J connectivity index is 2.31. The van der Waals surface area contributed by atoms with Crippen LogP contribution in [0.2, 0.25) is 0 Å². The van der Waals surface area contributed by atoms with E-state index in [1.165, 1.54) is 12.1 Å². The third-order valence-electron chi connectivity index (χ3n) is 2.77. The summed E-state index contributed by atoms with van der Waals surface area (Å²) in [5, 5.41) is 4.36. The number of halogens is 3. The van der Waals surface area contributed by atoms with Crippen molar-refractivity contribution in [3.05, 3.63) is 41.7 Å². The molecule has 0 aliphatic carbocycles. The zero-order chi connectivity index (χ0) is 14.9. The Morgan fingerprint density at radius 3 is 2.25 bits per heavy atom. The lowest BCUT2D eigenvalue weighted by molar-refractivity contribution is -0.274. The van der Waals surface area contributed by atoms with Gasteiger partial charge >= 0.3 is 6.36 Å². The van der Waals surface area contributed by atoms with Crippen molar-refractivity contribution in [2.24, 2.45) is 0 Å². The van der Waals surface area contributed by atoms with Gasteiger partial charge in [0.15, 0.2) is 0 Å². The van der Waals surface area contributed by atoms with Crippen LogP contribution in [0.3, 0.4) is 0 Å². The summed E-state index contributed by atoms with van der Waals surface area (Å²) < 4.78 is 41.9. The molecule has 1 aromatic carbocycles. The first-order valence-electron chi connectivity index (χ1n) is 6.19. The SMILES string of the molecule is Cc1cc(C(C)C)n(-c2ccc(OC(F)(F)F)cc2)n1. The highest BCUT2D eigenvalue weighted by atomic mass is 19.4. The van der Waals surface area contributed by atoms with Gasteiger partial charge in [0.2, 0.25) is 0 Å². The molecule has 0 N–H and O–H groups in total. The van der Waals surface area contributed by atoms with Crippen LogP contribution in [-0.2, 0) is 0 Å². The van der Waals surface area contributed by atoms with Crippen LogP contribution in [-0.4, -0.2) is 16.1 Å². The van der Waals surface area contributed by atoms with Gasteiger partial charge in [-0.3, -0.25) is 0 Å². The van der Waals surface area contributed by atoms with E-state index in [1.54, 1.807) is 16.8 Å². The molecule has 2 aromatic rings. The normalized spacial score (nSPS) is 11.9. The minimum atomic E-state index is -4.67. The first-order chi connectivity index (χ1) is 9.26. The number of aryl methyl sites for hydroxylation is 1. The number of hydrogen-bond donors (Lipinski definition) is 0. The number of aromatic nitrogens is 2. The Kier molecular flexibility index (Phi) is 3.74. The predicted octanol–water partition coefficient (Wildman–Crippen LogP) is 4.20. The van der Waals surface area contributed by atoms with Gasteiger partial charge in [-0.1, -0.05) is 13.8 Å². The average Bonchev–Trinajstić information content (AvgIpc) is 2.70. The van der Waals surface area contributed by atoms with Crippen LogP contribution in [0.1, 0.15) is 31.2 Å². The van der Waals surface area contributed by atoms with Crippen molar-refractivity contribution in [1.29, 1.82) is 0 Å². The molecule has 0 saturated carbocycles. The Bertz CT molecular complexity index is 585. The fraction of sp³-hybridized carbons (Fsp3) is 0.357. The fourth-order valence-electron chi connectivity index (χ4n) is 1.93. The maximum Gasteiger partial charge on any atom is 0.573 e. The molecule has 0 unspecified atom stereocenters. The third-order valence-corrected chi connectivity index (χ3v) is 2.77. The van der Waals surface area contributed by atoms with Gasteiger partial charge in [-0.05, 0) is 43.2 Å². The second kappa shape index (κ2) is 5.19. The second-order valence-electron chi connectivity index (χ2n) is 4.82. The first-order valence-corrected chi connectivity index (χ1v) is 6.19. The van der Waals surface area contributed by atoms with Gasteiger partial charge in [0.25, 0.3) is 0 Å². The number of ether oxygens (including phenoxy) is 1. The van der Waals surface area contributed by atoms with Gasteiger partial charge in [0, 0.05) is 5.69 Å². The summed E-state index contributed by atoms with van der Waals surface area (Å²) in [6.45, 7) is 5.95. The molecule has 3 nitrogen and oxygen atoms in total. The molecule has 1 heterocycles. The summed E-state index contributed by atoms with van der Waals surface area (Å²) in [6, 6.07) is 7.64. The van der Waals surface area contributed by atoms with Crippen LogP contribution in [0.4, 0.5) is 13.2 Å². The third kappa shape index (κ3) is 3.31. The van der Waals surface area contributed by atoms with E-state index in [2.05, 4.69) is 9.84 Å². The van der Waals surface area contributed by atoms with Crippen molar-refractivity contribution in [1.82, 2.24) is 9.78 Å². The van der Waals surface area contributed by atoms with E-state index < -0.39 is 6.36 Å². The molecule has 0 amide bonds. The molecule has 0 fully saturated rings. The van der Waals surface area contributed by atoms with Gasteiger partial charge in [-0.15, -0.1) is 13.2 Å². The number of hydrogen-bond acceptors (Lipinski definition) is 2. The molecule has 108 valence electrons. The molecule has 0 aliphatic heterocycles. The molecule has 6 heteroatoms. The van der Waals surface area contributed by atoms with Crippen LogP contribution in [0.15, 0.2) is 30.3 Å². The summed E-state index contributed by atoms with van der Waals surface area (Å²) in [5.41, 5.74) is 2.58. The molecular formula is C14H15F3N2O. The summed E-state index contributed by atoms with van der Waals surface area (Å²) in [4.78, 5) is 0. The topological polar surface area (TPSA) is 27.1 Å². The van der Waals surface area contributed by atoms with Crippen molar-refractivity contribution in [3.8, 4) is 11.4 Å². The lowest BCUT2D eigenvalue weighted by Gasteiger charge is -2.12. The van der Waals surface area contributed by atoms with Gasteiger partial charge in [-0.2, -0.15) is 5.10 Å². The van der Waals surface area contributed by atoms with Crippen LogP contribution < -0.4 is 4.74 Å². The molecule has 0 spiro atoms. The van der Waals surface area contributed by atoms with Crippen molar-refractivity contribution in [2.75, 3.05) is 0 Å². The van der Waals surface area contributed by atoms with Crippen LogP contribution in [0.5, 0.6) is 5.75 Å². The summed E-state index contributed by atoms with van der Waals surface area (Å²) in [5.74, 6) is 0.0264. The highest BCUT2D eigenvalue weighted by Crippen LogP contribution is 2.25. The second-order valence-corrected chi connectivity index (χ2v) is 4.82. The molecule has 20 heavy (non-hydrogen) atoms. The zero-order valence-corrected chi connectivity index (χ0v) is 11.4. The Morgan fingerprint density at radius 1 is 1.15 bits per heavy atom. The Morgan fingerprint density at radius 2 is 1.75 bits per heavy atom. The van der Waals surface area contributed by atoms with Crippen molar-refractivity contribution in [3.63, 3.8) is 0 Å². The van der Waals surface area contributed by atoms with Crippen molar-refractivity contribution >= 4 is 0 Å². The Hall–Kier alpha value is -1.98. The maximum atomic E-state index is 12.1. The van der Waals surface area contributed by atoms with Gasteiger partial charge < -0.3 is 4.74 Å². The van der Waals surface area contributed by atoms with Gasteiger partial charge in [0.05, 0.1) is 11.4 Å². The van der Waals surface area contributed by atoms with E-state index in [4.69, 9.17) is 0 Å². The predicted molar refractivity (Wildman–Crippen MR) is 69.1 cm³/mol. The quantitative estimate of drug-likeness (QED) is 0.844. The number of alkyl halides is 3. The molecule has 0 bridgehead atoms. The molecule has 0 atom stereocenters. The maximum absolute atomic E-state index is 12.1. The van der Waals surface area contributed by atoms with Gasteiger partial charge in [0.1, 0.15) is 5.75 Å². The minimum Gasteiger partial charge on any atom is -0.406 e. The van der Waals surface area contributed by atoms with Crippen molar-refractivity contribution in [2.45, 2.75) is 33.1 Å². The molecule has 0 radical (unpaired) electrons. The summed E-state index contributed by atoms with van der Waals surface area (Å²) in [7, 11) is 0. The van der Waals surface area contributed by atoms with Crippen molar-refractivity contribution < 1.29 is 17.9 Å². The van der Waals surface area contributed by atoms with E-state index in [0.29, 0.717) is 5.69 Å². The van der Waals surface area contributed by atoms with Crippen LogP contribution >= 0.6 is 0 Å². The van der Waals surface area contributed by atoms with E-state index >= 15 is 0 Å². The lowest BCUT2D eigenvalue weighted by Crippen LogP contribution is -2.17. The zero-order valence-electron chi connectivity index (χ0n) is 11.4. The number of rotatable bonds is 3. The molecule has 2 rings (SSSR count). The van der Waals surface area contributed by atoms with E-state index in [-0.39, 0.29) is 11.7 Å². The van der Waals surface area contributed by atoms with Gasteiger partial charge in [-0.25, -0.2) is 4.68 Å². The average molecular weight is 284 g/mol. The molecule has 0 saturated heterocycles. The van der Waals surface area contributed by atoms with Crippen LogP contribution in [0, 0.1) is 6.92 Å². The van der Waals surface area contributed by atoms with E-state index in [0.717, 1.165) is 11.4 Å². The van der Waals surface area contributed by atoms with Crippen LogP contribution in [0.25, 0.3) is 5.69 Å². The molecule has 1 aromatic heterocycles. The van der Waals surface area contributed by atoms with E-state index in [1.807, 2.05) is 26.8 Å². The summed E-state index contributed by atoms with van der Waals surface area (Å²) in [6.07, 6.45) is -4.67. The number of benzene rings is 1. The fourth-order valence-corrected chi connectivity index (χ4v) is 1.93. The standard InChI is InChI=1S/C14H15F3N2O/c1-9(2)13-8-10(3)18-19(13)11-4-6-12(7-5-11)20-14(15,16)17/h4-9H,1-3H3. The molecule has 0 aliphatic rings. The largest absolute Gasteiger partial charge is 0.573 e. The Labute approximate surface area is 115 Å². The summed E-state index contributed by atoms with van der Waals surface area (Å²) >= 11 is 0. The highest BCUT2D eigenvalue weighted by molar-refractivity contribution is 5.39. The molecular weight excluding hydrogens is 269 g/mol. The minimum absolute atomic E-state index is 0.240.